The summed E-state index contributed by atoms with van der Waals surface area (Å²) in [5, 5.41) is 0. The van der Waals surface area contributed by atoms with E-state index in [1.165, 1.54) is 18.2 Å². The molecule has 0 bridgehead atoms. The fraction of sp³-hybridized carbons (Fsp3) is 0.0500. The maximum atomic E-state index is 13.1. The van der Waals surface area contributed by atoms with Gasteiger partial charge in [-0.2, -0.15) is 13.2 Å². The van der Waals surface area contributed by atoms with Crippen molar-refractivity contribution >= 4 is 15.9 Å². The van der Waals surface area contributed by atoms with E-state index in [1.807, 2.05) is 0 Å². The average Bonchev–Trinajstić information content (AvgIpc) is 2.68. The highest BCUT2D eigenvalue weighted by atomic mass is 32.2. The van der Waals surface area contributed by atoms with Gasteiger partial charge in [0.1, 0.15) is 11.5 Å². The van der Waals surface area contributed by atoms with Gasteiger partial charge in [0.2, 0.25) is 0 Å². The van der Waals surface area contributed by atoms with Crippen LogP contribution in [0.2, 0.25) is 0 Å². The molecule has 150 valence electrons. The highest BCUT2D eigenvalue weighted by Gasteiger charge is 2.37. The second-order valence-electron chi connectivity index (χ2n) is 5.84. The number of carbonyl (C=O) groups excluding carboxylic acids is 1. The Balaban J connectivity index is 1.92. The lowest BCUT2D eigenvalue weighted by Gasteiger charge is -2.15. The van der Waals surface area contributed by atoms with Crippen molar-refractivity contribution in [2.45, 2.75) is 11.1 Å². The fourth-order valence-electron chi connectivity index (χ4n) is 2.53. The van der Waals surface area contributed by atoms with E-state index in [2.05, 4.69) is 0 Å². The lowest BCUT2D eigenvalue weighted by Crippen LogP contribution is -2.32. The van der Waals surface area contributed by atoms with E-state index >= 15 is 0 Å². The molecule has 3 aromatic rings. The molecule has 0 aliphatic carbocycles. The zero-order valence-corrected chi connectivity index (χ0v) is 15.5. The van der Waals surface area contributed by atoms with Crippen LogP contribution in [-0.4, -0.2) is 14.3 Å². The van der Waals surface area contributed by atoms with Gasteiger partial charge in [0.25, 0.3) is 15.9 Å². The van der Waals surface area contributed by atoms with Gasteiger partial charge < -0.3 is 4.74 Å². The molecule has 5 nitrogen and oxygen atoms in total. The number of carbonyl (C=O) groups is 1. The van der Waals surface area contributed by atoms with Gasteiger partial charge in [0, 0.05) is 0 Å². The number of para-hydroxylation sites is 2. The van der Waals surface area contributed by atoms with Gasteiger partial charge in [-0.05, 0) is 36.4 Å². The molecule has 0 fully saturated rings. The molecule has 0 atom stereocenters. The first-order chi connectivity index (χ1) is 13.7. The summed E-state index contributed by atoms with van der Waals surface area (Å²) in [4.78, 5) is 11.5. The van der Waals surface area contributed by atoms with Crippen molar-refractivity contribution in [1.29, 1.82) is 0 Å². The first-order valence-electron chi connectivity index (χ1n) is 8.24. The van der Waals surface area contributed by atoms with Crippen molar-refractivity contribution in [3.05, 3.63) is 90.0 Å². The largest absolute Gasteiger partial charge is 0.457 e. The number of hydrogen-bond donors (Lipinski definition) is 1. The standard InChI is InChI=1S/C20H14F3NO4S/c21-20(22,23)16-11-5-7-13-18(16)29(26,27)24-19(25)15-10-4-6-12-17(15)28-14-8-2-1-3-9-14/h1-13H,(H,24,25). The van der Waals surface area contributed by atoms with Crippen LogP contribution in [0.25, 0.3) is 0 Å². The second-order valence-corrected chi connectivity index (χ2v) is 7.49. The van der Waals surface area contributed by atoms with Gasteiger partial charge in [-0.25, -0.2) is 13.1 Å². The fourth-order valence-corrected chi connectivity index (χ4v) is 3.72. The molecule has 0 aliphatic rings. The molecule has 0 saturated heterocycles. The lowest BCUT2D eigenvalue weighted by atomic mass is 10.2. The SMILES string of the molecule is O=C(NS(=O)(=O)c1ccccc1C(F)(F)F)c1ccccc1Oc1ccccc1. The number of sulfonamides is 1. The summed E-state index contributed by atoms with van der Waals surface area (Å²) in [6.45, 7) is 0. The molecule has 3 rings (SSSR count). The minimum absolute atomic E-state index is 0.0514. The van der Waals surface area contributed by atoms with Crippen LogP contribution in [-0.2, 0) is 16.2 Å². The molecule has 1 N–H and O–H groups in total. The predicted octanol–water partition coefficient (Wildman–Crippen LogP) is 4.62. The van der Waals surface area contributed by atoms with E-state index in [0.717, 1.165) is 18.2 Å². The van der Waals surface area contributed by atoms with Gasteiger partial charge in [-0.3, -0.25) is 4.79 Å². The minimum Gasteiger partial charge on any atom is -0.457 e. The number of hydrogen-bond acceptors (Lipinski definition) is 4. The summed E-state index contributed by atoms with van der Waals surface area (Å²) in [5.41, 5.74) is -1.52. The number of rotatable bonds is 5. The first-order valence-corrected chi connectivity index (χ1v) is 9.72. The van der Waals surface area contributed by atoms with Gasteiger partial charge >= 0.3 is 6.18 Å². The Hall–Kier alpha value is -3.33. The van der Waals surface area contributed by atoms with Crippen LogP contribution < -0.4 is 9.46 Å². The highest BCUT2D eigenvalue weighted by Crippen LogP contribution is 2.34. The molecule has 3 aromatic carbocycles. The molecule has 0 heterocycles. The Morgan fingerprint density at radius 3 is 2.10 bits per heavy atom. The predicted molar refractivity (Wildman–Crippen MR) is 99.1 cm³/mol. The van der Waals surface area contributed by atoms with E-state index in [-0.39, 0.29) is 11.3 Å². The summed E-state index contributed by atoms with van der Waals surface area (Å²) in [6.07, 6.45) is -4.90. The molecule has 0 aromatic heterocycles. The van der Waals surface area contributed by atoms with Crippen molar-refractivity contribution in [2.24, 2.45) is 0 Å². The molecule has 1 amide bonds. The minimum atomic E-state index is -4.90. The molecule has 0 spiro atoms. The number of alkyl halides is 3. The summed E-state index contributed by atoms with van der Waals surface area (Å²) in [7, 11) is -4.79. The van der Waals surface area contributed by atoms with Crippen LogP contribution in [0.3, 0.4) is 0 Å². The Bertz CT molecular complexity index is 1130. The van der Waals surface area contributed by atoms with E-state index in [9.17, 15) is 26.4 Å². The van der Waals surface area contributed by atoms with Gasteiger partial charge in [-0.15, -0.1) is 0 Å². The summed E-state index contributed by atoms with van der Waals surface area (Å²) >= 11 is 0. The van der Waals surface area contributed by atoms with E-state index in [1.54, 1.807) is 41.1 Å². The first kappa shape index (κ1) is 20.4. The Morgan fingerprint density at radius 1 is 0.828 bits per heavy atom. The van der Waals surface area contributed by atoms with Crippen molar-refractivity contribution in [1.82, 2.24) is 4.72 Å². The molecular formula is C20H14F3NO4S. The van der Waals surface area contributed by atoms with E-state index in [4.69, 9.17) is 4.74 Å². The third-order valence-corrected chi connectivity index (χ3v) is 5.20. The maximum Gasteiger partial charge on any atom is 0.417 e. The van der Waals surface area contributed by atoms with Gasteiger partial charge in [0.05, 0.1) is 16.0 Å². The molecule has 0 unspecified atom stereocenters. The van der Waals surface area contributed by atoms with E-state index in [0.29, 0.717) is 11.8 Å². The van der Waals surface area contributed by atoms with Gasteiger partial charge in [-0.1, -0.05) is 42.5 Å². The zero-order valence-electron chi connectivity index (χ0n) is 14.7. The number of halogens is 3. The number of ether oxygens (including phenoxy) is 1. The molecule has 29 heavy (non-hydrogen) atoms. The summed E-state index contributed by atoms with van der Waals surface area (Å²) in [5.74, 6) is -0.665. The smallest absolute Gasteiger partial charge is 0.417 e. The second kappa shape index (κ2) is 7.96. The van der Waals surface area contributed by atoms with Crippen LogP contribution in [0.4, 0.5) is 13.2 Å². The zero-order chi connectivity index (χ0) is 21.1. The normalized spacial score (nSPS) is 11.7. The number of nitrogens with one attached hydrogen (secondary N) is 1. The molecule has 0 aliphatic heterocycles. The third kappa shape index (κ3) is 4.75. The monoisotopic (exact) mass is 421 g/mol. The topological polar surface area (TPSA) is 72.5 Å². The van der Waals surface area contributed by atoms with Crippen LogP contribution in [0.15, 0.2) is 83.8 Å². The van der Waals surface area contributed by atoms with Crippen molar-refractivity contribution < 1.29 is 31.1 Å². The van der Waals surface area contributed by atoms with Crippen LogP contribution >= 0.6 is 0 Å². The molecule has 9 heteroatoms. The molecule has 0 saturated carbocycles. The van der Waals surface area contributed by atoms with Crippen LogP contribution in [0.1, 0.15) is 15.9 Å². The third-order valence-electron chi connectivity index (χ3n) is 3.81. The molecular weight excluding hydrogens is 407 g/mol. The van der Waals surface area contributed by atoms with Crippen LogP contribution in [0, 0.1) is 0 Å². The number of amides is 1. The molecule has 0 radical (unpaired) electrons. The van der Waals surface area contributed by atoms with Gasteiger partial charge in [0.15, 0.2) is 0 Å². The highest BCUT2D eigenvalue weighted by molar-refractivity contribution is 7.90. The van der Waals surface area contributed by atoms with Crippen molar-refractivity contribution in [3.8, 4) is 11.5 Å². The number of benzene rings is 3. The summed E-state index contributed by atoms with van der Waals surface area (Å²) in [6, 6.07) is 17.8. The van der Waals surface area contributed by atoms with E-state index < -0.39 is 32.6 Å². The lowest BCUT2D eigenvalue weighted by molar-refractivity contribution is -0.139. The quantitative estimate of drug-likeness (QED) is 0.653. The van der Waals surface area contributed by atoms with Crippen LogP contribution in [0.5, 0.6) is 11.5 Å². The Labute approximate surface area is 164 Å². The Kier molecular flexibility index (Phi) is 5.60. The van der Waals surface area contributed by atoms with Crippen molar-refractivity contribution in [2.75, 3.05) is 0 Å². The maximum absolute atomic E-state index is 13.1. The summed E-state index contributed by atoms with van der Waals surface area (Å²) < 4.78 is 71.7. The average molecular weight is 421 g/mol. The Morgan fingerprint density at radius 2 is 1.41 bits per heavy atom. The van der Waals surface area contributed by atoms with Crippen molar-refractivity contribution in [3.63, 3.8) is 0 Å².